The van der Waals surface area contributed by atoms with Crippen molar-refractivity contribution in [3.8, 4) is 0 Å². The van der Waals surface area contributed by atoms with Gasteiger partial charge in [0, 0.05) is 31.8 Å². The Bertz CT molecular complexity index is 180. The van der Waals surface area contributed by atoms with Crippen LogP contribution in [0, 0.1) is 0 Å². The van der Waals surface area contributed by atoms with Crippen LogP contribution >= 0.6 is 0 Å². The number of hydrogen-bond acceptors (Lipinski definition) is 3. The molecule has 1 N–H and O–H groups in total. The van der Waals surface area contributed by atoms with Crippen molar-refractivity contribution in [2.75, 3.05) is 26.7 Å². The number of likely N-dealkylation sites (N-methyl/N-ethyl adjacent to an activating group) is 1. The van der Waals surface area contributed by atoms with Crippen LogP contribution in [0.2, 0.25) is 0 Å². The number of nitrogens with zero attached hydrogens (tertiary/aromatic N) is 1. The van der Waals surface area contributed by atoms with E-state index in [-0.39, 0.29) is 0 Å². The van der Waals surface area contributed by atoms with E-state index in [0.717, 1.165) is 18.7 Å². The molecule has 1 aliphatic carbocycles. The summed E-state index contributed by atoms with van der Waals surface area (Å²) in [5, 5.41) is 3.36. The second kappa shape index (κ2) is 4.60. The van der Waals surface area contributed by atoms with E-state index in [0.29, 0.717) is 6.10 Å². The first kappa shape index (κ1) is 10.4. The van der Waals surface area contributed by atoms with Gasteiger partial charge in [0.25, 0.3) is 0 Å². The van der Waals surface area contributed by atoms with Gasteiger partial charge in [0.05, 0.1) is 6.10 Å². The first-order chi connectivity index (χ1) is 6.83. The van der Waals surface area contributed by atoms with Crippen LogP contribution in [-0.2, 0) is 4.74 Å². The molecule has 0 spiro atoms. The molecule has 3 heteroatoms. The van der Waals surface area contributed by atoms with E-state index in [1.165, 1.54) is 32.4 Å². The molecular formula is C11H22N2O. The third-order valence-corrected chi connectivity index (χ3v) is 3.62. The maximum atomic E-state index is 5.58. The first-order valence-corrected chi connectivity index (χ1v) is 5.86. The van der Waals surface area contributed by atoms with Gasteiger partial charge in [-0.15, -0.1) is 0 Å². The van der Waals surface area contributed by atoms with Gasteiger partial charge in [-0.3, -0.25) is 4.90 Å². The molecular weight excluding hydrogens is 176 g/mol. The average Bonchev–Trinajstić information content (AvgIpc) is 2.58. The van der Waals surface area contributed by atoms with Gasteiger partial charge >= 0.3 is 0 Å². The lowest BCUT2D eigenvalue weighted by atomic mass is 9.88. The quantitative estimate of drug-likeness (QED) is 0.725. The van der Waals surface area contributed by atoms with E-state index in [1.54, 1.807) is 0 Å². The lowest BCUT2D eigenvalue weighted by Crippen LogP contribution is -2.48. The molecule has 0 bridgehead atoms. The van der Waals surface area contributed by atoms with Gasteiger partial charge in [0.2, 0.25) is 0 Å². The highest BCUT2D eigenvalue weighted by molar-refractivity contribution is 4.93. The Morgan fingerprint density at radius 3 is 2.79 bits per heavy atom. The van der Waals surface area contributed by atoms with Gasteiger partial charge < -0.3 is 10.1 Å². The van der Waals surface area contributed by atoms with E-state index >= 15 is 0 Å². The summed E-state index contributed by atoms with van der Waals surface area (Å²) in [5.74, 6) is 0. The van der Waals surface area contributed by atoms with E-state index in [2.05, 4.69) is 24.2 Å². The molecule has 0 aromatic heterocycles. The summed E-state index contributed by atoms with van der Waals surface area (Å²) in [5.41, 5.74) is 0. The van der Waals surface area contributed by atoms with E-state index < -0.39 is 0 Å². The Hall–Kier alpha value is -0.120. The lowest BCUT2D eigenvalue weighted by molar-refractivity contribution is -0.0411. The number of likely N-dealkylation sites (tertiary alicyclic amines) is 1. The van der Waals surface area contributed by atoms with Crippen molar-refractivity contribution in [3.05, 3.63) is 0 Å². The number of ether oxygens (including phenoxy) is 1. The summed E-state index contributed by atoms with van der Waals surface area (Å²) in [7, 11) is 2.07. The maximum Gasteiger partial charge on any atom is 0.0604 e. The van der Waals surface area contributed by atoms with Crippen LogP contribution in [0.15, 0.2) is 0 Å². The van der Waals surface area contributed by atoms with Crippen molar-refractivity contribution < 1.29 is 4.74 Å². The Labute approximate surface area is 86.8 Å². The molecule has 2 fully saturated rings. The summed E-state index contributed by atoms with van der Waals surface area (Å²) >= 11 is 0. The molecule has 0 aromatic rings. The minimum Gasteiger partial charge on any atom is -0.378 e. The SMILES string of the molecule is CCOC1CC(N2CCC(NC)C2)C1. The molecule has 82 valence electrons. The predicted molar refractivity (Wildman–Crippen MR) is 57.5 cm³/mol. The molecule has 1 heterocycles. The number of rotatable bonds is 4. The average molecular weight is 198 g/mol. The third-order valence-electron chi connectivity index (χ3n) is 3.62. The predicted octanol–water partition coefficient (Wildman–Crippen LogP) is 0.848. The van der Waals surface area contributed by atoms with E-state index in [9.17, 15) is 0 Å². The molecule has 2 rings (SSSR count). The lowest BCUT2D eigenvalue weighted by Gasteiger charge is -2.40. The van der Waals surface area contributed by atoms with Gasteiger partial charge in [-0.1, -0.05) is 0 Å². The molecule has 3 nitrogen and oxygen atoms in total. The molecule has 1 atom stereocenters. The minimum absolute atomic E-state index is 0.554. The molecule has 1 aliphatic heterocycles. The number of nitrogens with one attached hydrogen (secondary N) is 1. The van der Waals surface area contributed by atoms with Gasteiger partial charge in [0.15, 0.2) is 0 Å². The molecule has 1 unspecified atom stereocenters. The molecule has 14 heavy (non-hydrogen) atoms. The Morgan fingerprint density at radius 1 is 1.43 bits per heavy atom. The molecule has 1 saturated carbocycles. The van der Waals surface area contributed by atoms with Crippen LogP contribution in [0.1, 0.15) is 26.2 Å². The largest absolute Gasteiger partial charge is 0.378 e. The minimum atomic E-state index is 0.554. The fourth-order valence-corrected chi connectivity index (χ4v) is 2.56. The third kappa shape index (κ3) is 2.10. The summed E-state index contributed by atoms with van der Waals surface area (Å²) in [6.45, 7) is 5.46. The normalized spacial score (nSPS) is 38.6. The van der Waals surface area contributed by atoms with Crippen LogP contribution < -0.4 is 5.32 Å². The van der Waals surface area contributed by atoms with Crippen LogP contribution in [-0.4, -0.2) is 49.8 Å². The smallest absolute Gasteiger partial charge is 0.0604 e. The van der Waals surface area contributed by atoms with Crippen molar-refractivity contribution in [3.63, 3.8) is 0 Å². The molecule has 0 radical (unpaired) electrons. The first-order valence-electron chi connectivity index (χ1n) is 5.86. The van der Waals surface area contributed by atoms with Crippen molar-refractivity contribution in [1.82, 2.24) is 10.2 Å². The fraction of sp³-hybridized carbons (Fsp3) is 1.00. The Balaban J connectivity index is 1.68. The zero-order chi connectivity index (χ0) is 9.97. The fourth-order valence-electron chi connectivity index (χ4n) is 2.56. The Morgan fingerprint density at radius 2 is 2.21 bits per heavy atom. The van der Waals surface area contributed by atoms with Crippen LogP contribution in [0.25, 0.3) is 0 Å². The topological polar surface area (TPSA) is 24.5 Å². The Kier molecular flexibility index (Phi) is 3.42. The second-order valence-electron chi connectivity index (χ2n) is 4.47. The summed E-state index contributed by atoms with van der Waals surface area (Å²) in [4.78, 5) is 2.62. The highest BCUT2D eigenvalue weighted by Crippen LogP contribution is 2.30. The zero-order valence-electron chi connectivity index (χ0n) is 9.33. The van der Waals surface area contributed by atoms with Crippen molar-refractivity contribution in [1.29, 1.82) is 0 Å². The van der Waals surface area contributed by atoms with Gasteiger partial charge in [-0.05, 0) is 33.2 Å². The van der Waals surface area contributed by atoms with Crippen LogP contribution in [0.4, 0.5) is 0 Å². The van der Waals surface area contributed by atoms with E-state index in [1.807, 2.05) is 0 Å². The van der Waals surface area contributed by atoms with Gasteiger partial charge in [0.1, 0.15) is 0 Å². The molecule has 0 amide bonds. The van der Waals surface area contributed by atoms with Crippen molar-refractivity contribution in [2.24, 2.45) is 0 Å². The van der Waals surface area contributed by atoms with Crippen molar-refractivity contribution >= 4 is 0 Å². The summed E-state index contributed by atoms with van der Waals surface area (Å²) in [6.07, 6.45) is 4.37. The van der Waals surface area contributed by atoms with Gasteiger partial charge in [-0.2, -0.15) is 0 Å². The monoisotopic (exact) mass is 198 g/mol. The highest BCUT2D eigenvalue weighted by atomic mass is 16.5. The van der Waals surface area contributed by atoms with Crippen LogP contribution in [0.5, 0.6) is 0 Å². The standard InChI is InChI=1S/C11H22N2O/c1-3-14-11-6-10(7-11)13-5-4-9(8-13)12-2/h9-12H,3-8H2,1-2H3. The van der Waals surface area contributed by atoms with Gasteiger partial charge in [-0.25, -0.2) is 0 Å². The van der Waals surface area contributed by atoms with E-state index in [4.69, 9.17) is 4.74 Å². The second-order valence-corrected chi connectivity index (χ2v) is 4.47. The van der Waals surface area contributed by atoms with Crippen molar-refractivity contribution in [2.45, 2.75) is 44.4 Å². The zero-order valence-corrected chi connectivity index (χ0v) is 9.33. The summed E-state index contributed by atoms with van der Waals surface area (Å²) < 4.78 is 5.58. The molecule has 1 saturated heterocycles. The summed E-state index contributed by atoms with van der Waals surface area (Å²) in [6, 6.07) is 1.53. The molecule has 0 aromatic carbocycles. The maximum absolute atomic E-state index is 5.58. The van der Waals surface area contributed by atoms with Crippen LogP contribution in [0.3, 0.4) is 0 Å². The number of hydrogen-bond donors (Lipinski definition) is 1. The molecule has 2 aliphatic rings. The highest BCUT2D eigenvalue weighted by Gasteiger charge is 2.36.